The predicted octanol–water partition coefficient (Wildman–Crippen LogP) is 8.94. The summed E-state index contributed by atoms with van der Waals surface area (Å²) in [6, 6.07) is 27.9. The second-order valence-corrected chi connectivity index (χ2v) is 10.7. The standard InChI is InChI=1S/C30H19IO2/c1-18-7-2-12-23-24-13-4-10-21(28(24)32-27(18)23)19-8-3-9-20(17-19)22-11-5-14-25-26-15-6-16-31-30(26)33-29(22)25/h2-17H,1H3. The Labute approximate surface area is 200 Å². The first-order valence-corrected chi connectivity index (χ1v) is 13.3. The summed E-state index contributed by atoms with van der Waals surface area (Å²) in [6.07, 6.45) is 4.34. The summed E-state index contributed by atoms with van der Waals surface area (Å²) < 4.78 is 16.2. The second kappa shape index (κ2) is 7.29. The quantitative estimate of drug-likeness (QED) is 0.206. The van der Waals surface area contributed by atoms with Gasteiger partial charge in [0.2, 0.25) is 0 Å². The van der Waals surface area contributed by atoms with Gasteiger partial charge in [0, 0.05) is 32.8 Å². The van der Waals surface area contributed by atoms with Crippen LogP contribution in [0.2, 0.25) is 0 Å². The number of hydrogen-bond acceptors (Lipinski definition) is 2. The molecule has 0 amide bonds. The van der Waals surface area contributed by atoms with E-state index in [1.165, 1.54) is 16.3 Å². The molecule has 0 fully saturated rings. The average molecular weight is 538 g/mol. The zero-order valence-corrected chi connectivity index (χ0v) is 20.1. The molecule has 7 rings (SSSR count). The highest BCUT2D eigenvalue weighted by Crippen LogP contribution is 2.40. The number of halogens is 1. The topological polar surface area (TPSA) is 26.3 Å². The molecule has 0 bridgehead atoms. The highest BCUT2D eigenvalue weighted by Gasteiger charge is 2.17. The van der Waals surface area contributed by atoms with E-state index in [0.717, 1.165) is 53.7 Å². The first kappa shape index (κ1) is 19.1. The Balaban J connectivity index is 1.44. The molecule has 2 nitrogen and oxygen atoms in total. The van der Waals surface area contributed by atoms with Gasteiger partial charge < -0.3 is 8.83 Å². The summed E-state index contributed by atoms with van der Waals surface area (Å²) in [5.41, 5.74) is 9.84. The fourth-order valence-electron chi connectivity index (χ4n) is 4.84. The molecule has 1 aliphatic rings. The highest BCUT2D eigenvalue weighted by atomic mass is 127. The Morgan fingerprint density at radius 2 is 1.27 bits per heavy atom. The van der Waals surface area contributed by atoms with E-state index in [4.69, 9.17) is 8.83 Å². The molecule has 3 heterocycles. The molecule has 4 aromatic carbocycles. The van der Waals surface area contributed by atoms with Crippen molar-refractivity contribution in [2.75, 3.05) is 0 Å². The molecule has 6 aromatic rings. The van der Waals surface area contributed by atoms with Crippen LogP contribution in [0.15, 0.2) is 93.8 Å². The largest absolute Gasteiger partial charge is 0.455 e. The summed E-state index contributed by atoms with van der Waals surface area (Å²) in [6.45, 7) is 2.10. The van der Waals surface area contributed by atoms with E-state index in [1.54, 1.807) is 0 Å². The van der Waals surface area contributed by atoms with Crippen molar-refractivity contribution < 1.29 is 8.83 Å². The average Bonchev–Trinajstić information content (AvgIpc) is 3.43. The monoisotopic (exact) mass is 538 g/mol. The molecule has 1 aliphatic heterocycles. The lowest BCUT2D eigenvalue weighted by Gasteiger charge is -2.07. The Morgan fingerprint density at radius 1 is 0.636 bits per heavy atom. The minimum absolute atomic E-state index is 0.204. The van der Waals surface area contributed by atoms with Crippen LogP contribution >= 0.6 is 20.7 Å². The SMILES string of the molecule is Cc1cccc2c1oc1c(-c3cccc(-c4cccc5c6c(oc45)I=CC=C6)c3)cccc12. The third-order valence-corrected chi connectivity index (χ3v) is 8.55. The first-order valence-electron chi connectivity index (χ1n) is 11.0. The number of benzene rings is 4. The Bertz CT molecular complexity index is 1780. The van der Waals surface area contributed by atoms with Crippen molar-refractivity contribution in [3.63, 3.8) is 0 Å². The number of rotatable bonds is 2. The van der Waals surface area contributed by atoms with Crippen LogP contribution in [0.25, 0.3) is 61.2 Å². The zero-order chi connectivity index (χ0) is 21.9. The molecule has 0 spiro atoms. The first-order chi connectivity index (χ1) is 16.3. The van der Waals surface area contributed by atoms with Crippen LogP contribution in [0.1, 0.15) is 11.1 Å². The number of aryl methyl sites for hydroxylation is 1. The lowest BCUT2D eigenvalue weighted by atomic mass is 9.96. The molecule has 158 valence electrons. The number of allylic oxidation sites excluding steroid dienone is 1. The predicted molar refractivity (Wildman–Crippen MR) is 147 cm³/mol. The Hall–Kier alpha value is -3.44. The van der Waals surface area contributed by atoms with Crippen LogP contribution in [0.3, 0.4) is 0 Å². The van der Waals surface area contributed by atoms with Gasteiger partial charge in [-0.3, -0.25) is 0 Å². The van der Waals surface area contributed by atoms with Gasteiger partial charge in [-0.1, -0.05) is 78.9 Å². The van der Waals surface area contributed by atoms with Crippen LogP contribution < -0.4 is 0 Å². The maximum atomic E-state index is 6.41. The second-order valence-electron chi connectivity index (χ2n) is 8.38. The van der Waals surface area contributed by atoms with Crippen molar-refractivity contribution in [2.45, 2.75) is 6.92 Å². The van der Waals surface area contributed by atoms with Crippen LogP contribution in [-0.4, -0.2) is 4.01 Å². The van der Waals surface area contributed by atoms with Gasteiger partial charge in [0.15, 0.2) is 3.77 Å². The van der Waals surface area contributed by atoms with Gasteiger partial charge in [0.1, 0.15) is 16.7 Å². The van der Waals surface area contributed by atoms with Crippen LogP contribution in [-0.2, 0) is 0 Å². The number of fused-ring (bicyclic) bond motifs is 6. The van der Waals surface area contributed by atoms with Crippen molar-refractivity contribution in [1.82, 2.24) is 0 Å². The highest BCUT2D eigenvalue weighted by molar-refractivity contribution is 14.2. The molecule has 0 N–H and O–H groups in total. The summed E-state index contributed by atoms with van der Waals surface area (Å²) in [4.78, 5) is 0. The van der Waals surface area contributed by atoms with Crippen LogP contribution in [0.5, 0.6) is 0 Å². The normalized spacial score (nSPS) is 13.0. The molecular weight excluding hydrogens is 519 g/mol. The zero-order valence-electron chi connectivity index (χ0n) is 17.9. The van der Waals surface area contributed by atoms with E-state index in [1.807, 2.05) is 0 Å². The van der Waals surface area contributed by atoms with Crippen LogP contribution in [0.4, 0.5) is 0 Å². The number of para-hydroxylation sites is 3. The van der Waals surface area contributed by atoms with E-state index >= 15 is 0 Å². The van der Waals surface area contributed by atoms with Gasteiger partial charge in [-0.15, -0.1) is 0 Å². The molecule has 0 aliphatic carbocycles. The van der Waals surface area contributed by atoms with E-state index in [2.05, 4.69) is 102 Å². The van der Waals surface area contributed by atoms with Gasteiger partial charge in [0.25, 0.3) is 0 Å². The molecule has 0 radical (unpaired) electrons. The van der Waals surface area contributed by atoms with Crippen molar-refractivity contribution in [1.29, 1.82) is 0 Å². The maximum absolute atomic E-state index is 6.41. The maximum Gasteiger partial charge on any atom is 0.166 e. The van der Waals surface area contributed by atoms with E-state index in [9.17, 15) is 0 Å². The van der Waals surface area contributed by atoms with E-state index in [-0.39, 0.29) is 20.7 Å². The van der Waals surface area contributed by atoms with Gasteiger partial charge in [0.05, 0.1) is 0 Å². The summed E-state index contributed by atoms with van der Waals surface area (Å²) >= 11 is -0.204. The fraction of sp³-hybridized carbons (Fsp3) is 0.0333. The minimum Gasteiger partial charge on any atom is -0.455 e. The number of hydrogen-bond donors (Lipinski definition) is 0. The van der Waals surface area contributed by atoms with E-state index < -0.39 is 0 Å². The fourth-order valence-corrected chi connectivity index (χ4v) is 6.74. The molecular formula is C30H19IO2. The lowest BCUT2D eigenvalue weighted by Crippen LogP contribution is -1.83. The molecule has 0 saturated heterocycles. The third kappa shape index (κ3) is 2.89. The minimum atomic E-state index is -0.204. The van der Waals surface area contributed by atoms with Gasteiger partial charge in [-0.05, 0) is 60.5 Å². The third-order valence-electron chi connectivity index (χ3n) is 6.41. The Kier molecular flexibility index (Phi) is 4.21. The van der Waals surface area contributed by atoms with Gasteiger partial charge in [-0.25, -0.2) is 0 Å². The van der Waals surface area contributed by atoms with Gasteiger partial charge in [-0.2, -0.15) is 0 Å². The smallest absolute Gasteiger partial charge is 0.166 e. The summed E-state index contributed by atoms with van der Waals surface area (Å²) in [5.74, 6) is 0. The Morgan fingerprint density at radius 3 is 2.06 bits per heavy atom. The van der Waals surface area contributed by atoms with Crippen molar-refractivity contribution in [3.05, 3.63) is 99.8 Å². The van der Waals surface area contributed by atoms with Crippen molar-refractivity contribution >= 4 is 63.7 Å². The molecule has 3 heteroatoms. The van der Waals surface area contributed by atoms with Crippen molar-refractivity contribution in [2.24, 2.45) is 0 Å². The van der Waals surface area contributed by atoms with Crippen LogP contribution in [0, 0.1) is 10.7 Å². The summed E-state index contributed by atoms with van der Waals surface area (Å²) in [5, 5.41) is 3.53. The molecule has 0 saturated carbocycles. The molecule has 33 heavy (non-hydrogen) atoms. The lowest BCUT2D eigenvalue weighted by molar-refractivity contribution is 0.584. The van der Waals surface area contributed by atoms with Gasteiger partial charge >= 0.3 is 0 Å². The number of furan rings is 2. The van der Waals surface area contributed by atoms with E-state index in [0.29, 0.717) is 0 Å². The molecule has 0 atom stereocenters. The van der Waals surface area contributed by atoms with Crippen molar-refractivity contribution in [3.8, 4) is 22.3 Å². The molecule has 0 unspecified atom stereocenters. The molecule has 2 aromatic heterocycles. The summed E-state index contributed by atoms with van der Waals surface area (Å²) in [7, 11) is 0.